The molecule has 392 valence electrons. The first-order valence-corrected chi connectivity index (χ1v) is 28.8. The van der Waals surface area contributed by atoms with E-state index in [0.29, 0.717) is 38.2 Å². The van der Waals surface area contributed by atoms with Gasteiger partial charge in [0, 0.05) is 38.3 Å². The zero-order valence-corrected chi connectivity index (χ0v) is 43.0. The summed E-state index contributed by atoms with van der Waals surface area (Å²) in [5, 5.41) is 15.5. The summed E-state index contributed by atoms with van der Waals surface area (Å²) in [6.45, 7) is 1.91. The van der Waals surface area contributed by atoms with Gasteiger partial charge in [0.2, 0.25) is 0 Å². The smallest absolute Gasteiger partial charge is 0.336 e. The summed E-state index contributed by atoms with van der Waals surface area (Å²) in [5.41, 5.74) is 2.14. The van der Waals surface area contributed by atoms with Crippen LogP contribution in [0, 0.1) is 0 Å². The minimum absolute atomic E-state index is 0.0497. The van der Waals surface area contributed by atoms with Gasteiger partial charge in [-0.2, -0.15) is 0 Å². The van der Waals surface area contributed by atoms with Gasteiger partial charge in [0.05, 0.1) is 23.5 Å². The standard InChI is InChI=1S/C54H90N10O6/c65-49(63(47-35-19-9-20-36-47)51(57-43-27-11-5-12-28-43)69-59-45-31-15-7-16-32-45)55-39-23-1-3-25-41-61-53(67)62(54(61)68)42-26-4-2-24-40-56-50(66)64(48-37-21-10-22-38-48)52(58-44-29-13-6-14-30-44)70-60-46-33-17-8-18-34-46/h43-44,47-48H,1-42H2,(H,55,65)(H,56,66). The van der Waals surface area contributed by atoms with E-state index in [1.807, 2.05) is 0 Å². The predicted octanol–water partition coefficient (Wildman–Crippen LogP) is 12.7. The molecule has 8 amide bonds. The second kappa shape index (κ2) is 29.9. The lowest BCUT2D eigenvalue weighted by Gasteiger charge is -2.39. The summed E-state index contributed by atoms with van der Waals surface area (Å²) in [5.74, 6) is 0. The summed E-state index contributed by atoms with van der Waals surface area (Å²) >= 11 is 0. The molecule has 0 spiro atoms. The number of aliphatic imine (C=N–C) groups is 2. The fourth-order valence-corrected chi connectivity index (χ4v) is 11.7. The van der Waals surface area contributed by atoms with Crippen LogP contribution >= 0.6 is 0 Å². The van der Waals surface area contributed by atoms with Gasteiger partial charge in [-0.05, 0) is 128 Å². The summed E-state index contributed by atoms with van der Waals surface area (Å²) in [6, 6.07) is 0.444. The van der Waals surface area contributed by atoms with Gasteiger partial charge in [-0.15, -0.1) is 0 Å². The Morgan fingerprint density at radius 1 is 0.443 bits per heavy atom. The van der Waals surface area contributed by atoms with Crippen LogP contribution in [-0.2, 0) is 9.68 Å². The molecule has 6 aliphatic carbocycles. The molecule has 0 aromatic heterocycles. The van der Waals surface area contributed by atoms with Gasteiger partial charge >= 0.3 is 36.2 Å². The van der Waals surface area contributed by atoms with E-state index in [9.17, 15) is 19.2 Å². The third-order valence-corrected chi connectivity index (χ3v) is 15.9. The van der Waals surface area contributed by atoms with Crippen molar-refractivity contribution in [1.82, 2.24) is 30.2 Å². The molecule has 0 radical (unpaired) electrons. The molecule has 7 fully saturated rings. The molecule has 1 saturated heterocycles. The van der Waals surface area contributed by atoms with Crippen molar-refractivity contribution in [2.75, 3.05) is 26.2 Å². The fraction of sp³-hybridized carbons (Fsp3) is 0.852. The Hall–Kier alpha value is -4.24. The van der Waals surface area contributed by atoms with Crippen LogP contribution in [0.2, 0.25) is 0 Å². The summed E-state index contributed by atoms with van der Waals surface area (Å²) in [4.78, 5) is 82.7. The topological polar surface area (TPSA) is 173 Å². The lowest BCUT2D eigenvalue weighted by molar-refractivity contribution is 0.103. The van der Waals surface area contributed by atoms with Gasteiger partial charge in [-0.25, -0.2) is 48.8 Å². The minimum atomic E-state index is -0.210. The summed E-state index contributed by atoms with van der Waals surface area (Å²) in [7, 11) is 0. The van der Waals surface area contributed by atoms with Crippen LogP contribution in [0.5, 0.6) is 0 Å². The van der Waals surface area contributed by atoms with Crippen molar-refractivity contribution in [2.45, 2.75) is 268 Å². The number of nitrogens with zero attached hydrogens (tertiary/aromatic N) is 8. The molecule has 0 bridgehead atoms. The molecule has 70 heavy (non-hydrogen) atoms. The van der Waals surface area contributed by atoms with Crippen LogP contribution < -0.4 is 10.6 Å². The van der Waals surface area contributed by atoms with Gasteiger partial charge in [-0.1, -0.05) is 126 Å². The highest BCUT2D eigenvalue weighted by Gasteiger charge is 2.42. The second-order valence-corrected chi connectivity index (χ2v) is 21.5. The molecular formula is C54H90N10O6. The Labute approximate surface area is 420 Å². The largest absolute Gasteiger partial charge is 0.338 e. The highest BCUT2D eigenvalue weighted by Crippen LogP contribution is 2.29. The number of carbonyl (C=O) groups is 4. The highest BCUT2D eigenvalue weighted by molar-refractivity contribution is 6.11. The van der Waals surface area contributed by atoms with E-state index in [1.165, 1.54) is 48.3 Å². The van der Waals surface area contributed by atoms with Gasteiger partial charge in [-0.3, -0.25) is 0 Å². The lowest BCUT2D eigenvalue weighted by Crippen LogP contribution is -2.64. The van der Waals surface area contributed by atoms with Crippen molar-refractivity contribution >= 4 is 47.6 Å². The molecule has 16 heteroatoms. The van der Waals surface area contributed by atoms with Crippen LogP contribution in [0.25, 0.3) is 0 Å². The number of oxime groups is 2. The number of urea groups is 4. The van der Waals surface area contributed by atoms with E-state index in [1.54, 1.807) is 9.80 Å². The number of carbonyl (C=O) groups excluding carboxylic acids is 4. The van der Waals surface area contributed by atoms with E-state index in [2.05, 4.69) is 20.9 Å². The molecule has 0 unspecified atom stereocenters. The summed E-state index contributed by atoms with van der Waals surface area (Å²) < 4.78 is 0. The number of amidine groups is 2. The first-order chi connectivity index (χ1) is 34.4. The van der Waals surface area contributed by atoms with E-state index in [4.69, 9.17) is 19.7 Å². The van der Waals surface area contributed by atoms with Crippen molar-refractivity contribution in [3.05, 3.63) is 0 Å². The SMILES string of the molecule is O=C1N(CCCCCCNC(=O)N(C(=NC2CCCCC2)ON=C2CCCCC2)C2CCCCC2)C(=O)N1CCCCCCNC(=O)N(C(=NC1CCCCC1)ON=C1CCCCC1)C1CCCCC1. The van der Waals surface area contributed by atoms with E-state index in [0.717, 1.165) is 217 Å². The van der Waals surface area contributed by atoms with Crippen LogP contribution in [0.1, 0.15) is 244 Å². The summed E-state index contributed by atoms with van der Waals surface area (Å²) in [6.07, 6.45) is 39.0. The normalized spacial score (nSPS) is 21.8. The molecular weight excluding hydrogens is 885 g/mol. The number of nitrogens with one attached hydrogen (secondary N) is 2. The molecule has 1 aliphatic heterocycles. The number of hydrogen-bond donors (Lipinski definition) is 2. The van der Waals surface area contributed by atoms with E-state index in [-0.39, 0.29) is 48.3 Å². The zero-order valence-electron chi connectivity index (χ0n) is 43.0. The average Bonchev–Trinajstić information content (AvgIpc) is 3.40. The maximum atomic E-state index is 14.0. The molecule has 6 saturated carbocycles. The molecule has 7 aliphatic rings. The van der Waals surface area contributed by atoms with Crippen LogP contribution in [0.3, 0.4) is 0 Å². The number of imide groups is 2. The number of rotatable bonds is 20. The van der Waals surface area contributed by atoms with Crippen molar-refractivity contribution in [3.63, 3.8) is 0 Å². The van der Waals surface area contributed by atoms with Crippen molar-refractivity contribution in [3.8, 4) is 0 Å². The average molecular weight is 975 g/mol. The maximum Gasteiger partial charge on any atom is 0.336 e. The molecule has 16 nitrogen and oxygen atoms in total. The molecule has 0 aromatic carbocycles. The van der Waals surface area contributed by atoms with Crippen LogP contribution in [0.4, 0.5) is 19.2 Å². The quantitative estimate of drug-likeness (QED) is 0.0532. The second-order valence-electron chi connectivity index (χ2n) is 21.5. The fourth-order valence-electron chi connectivity index (χ4n) is 11.7. The number of amides is 8. The molecule has 7 rings (SSSR count). The van der Waals surface area contributed by atoms with Crippen molar-refractivity contribution < 1.29 is 28.9 Å². The number of unbranched alkanes of at least 4 members (excludes halogenated alkanes) is 6. The highest BCUT2D eigenvalue weighted by atomic mass is 16.7. The Balaban J connectivity index is 0.785. The Morgan fingerprint density at radius 2 is 0.771 bits per heavy atom. The molecule has 0 atom stereocenters. The van der Waals surface area contributed by atoms with Gasteiger partial charge in [0.1, 0.15) is 0 Å². The van der Waals surface area contributed by atoms with Gasteiger partial charge in [0.25, 0.3) is 0 Å². The first-order valence-electron chi connectivity index (χ1n) is 28.8. The van der Waals surface area contributed by atoms with Gasteiger partial charge < -0.3 is 20.3 Å². The lowest BCUT2D eigenvalue weighted by atomic mass is 9.94. The Kier molecular flexibility index (Phi) is 22.9. The van der Waals surface area contributed by atoms with Crippen molar-refractivity contribution in [2.24, 2.45) is 20.3 Å². The maximum absolute atomic E-state index is 14.0. The third-order valence-electron chi connectivity index (χ3n) is 15.9. The van der Waals surface area contributed by atoms with Gasteiger partial charge in [0.15, 0.2) is 0 Å². The molecule has 1 heterocycles. The third kappa shape index (κ3) is 16.9. The molecule has 0 aromatic rings. The van der Waals surface area contributed by atoms with E-state index >= 15 is 0 Å². The Bertz CT molecular complexity index is 1610. The molecule has 2 N–H and O–H groups in total. The van der Waals surface area contributed by atoms with E-state index < -0.39 is 0 Å². The number of hydrogen-bond acceptors (Lipinski definition) is 10. The first kappa shape index (κ1) is 53.6. The monoisotopic (exact) mass is 975 g/mol. The minimum Gasteiger partial charge on any atom is -0.338 e. The van der Waals surface area contributed by atoms with Crippen molar-refractivity contribution in [1.29, 1.82) is 0 Å². The van der Waals surface area contributed by atoms with Crippen LogP contribution in [-0.4, -0.2) is 118 Å². The zero-order chi connectivity index (χ0) is 48.6. The van der Waals surface area contributed by atoms with Crippen LogP contribution in [0.15, 0.2) is 20.3 Å². The Morgan fingerprint density at radius 3 is 1.14 bits per heavy atom. The predicted molar refractivity (Wildman–Crippen MR) is 277 cm³/mol.